The molecular formula is C13H22N2O4. The van der Waals surface area contributed by atoms with Gasteiger partial charge >= 0.3 is 12.0 Å². The standard InChI is InChI=1S/C13H22N2O4/c1-9(2)13(11(16)17)4-5-15(8-13)12(18)14-10-3-6-19-7-10/h9-10H,3-8H2,1-2H3,(H,14,18)(H,16,17). The molecule has 2 amide bonds. The van der Waals surface area contributed by atoms with Crippen molar-refractivity contribution in [1.29, 1.82) is 0 Å². The van der Waals surface area contributed by atoms with Gasteiger partial charge < -0.3 is 20.1 Å². The lowest BCUT2D eigenvalue weighted by atomic mass is 9.76. The maximum absolute atomic E-state index is 12.1. The second-order valence-corrected chi connectivity index (χ2v) is 5.80. The van der Waals surface area contributed by atoms with Gasteiger partial charge in [0.25, 0.3) is 0 Å². The molecule has 0 spiro atoms. The van der Waals surface area contributed by atoms with Crippen LogP contribution in [0.25, 0.3) is 0 Å². The third-order valence-electron chi connectivity index (χ3n) is 4.38. The Balaban J connectivity index is 1.96. The van der Waals surface area contributed by atoms with E-state index in [1.807, 2.05) is 13.8 Å². The normalized spacial score (nSPS) is 30.9. The van der Waals surface area contributed by atoms with Crippen molar-refractivity contribution in [1.82, 2.24) is 10.2 Å². The summed E-state index contributed by atoms with van der Waals surface area (Å²) in [6, 6.07) is -0.106. The van der Waals surface area contributed by atoms with E-state index in [1.165, 1.54) is 0 Å². The molecule has 6 nitrogen and oxygen atoms in total. The lowest BCUT2D eigenvalue weighted by Gasteiger charge is -2.29. The second-order valence-electron chi connectivity index (χ2n) is 5.80. The quantitative estimate of drug-likeness (QED) is 0.799. The number of urea groups is 1. The van der Waals surface area contributed by atoms with Gasteiger partial charge in [0.2, 0.25) is 0 Å². The molecule has 6 heteroatoms. The van der Waals surface area contributed by atoms with Crippen LogP contribution in [0.1, 0.15) is 26.7 Å². The first-order chi connectivity index (χ1) is 8.95. The summed E-state index contributed by atoms with van der Waals surface area (Å²) in [5.41, 5.74) is -0.802. The molecule has 2 aliphatic heterocycles. The van der Waals surface area contributed by atoms with Crippen molar-refractivity contribution in [2.45, 2.75) is 32.7 Å². The number of likely N-dealkylation sites (tertiary alicyclic amines) is 1. The summed E-state index contributed by atoms with van der Waals surface area (Å²) < 4.78 is 5.21. The van der Waals surface area contributed by atoms with E-state index in [-0.39, 0.29) is 18.0 Å². The Kier molecular flexibility index (Phi) is 3.99. The van der Waals surface area contributed by atoms with Crippen LogP contribution in [-0.4, -0.2) is 54.4 Å². The number of carboxylic acids is 1. The van der Waals surface area contributed by atoms with Crippen molar-refractivity contribution in [3.05, 3.63) is 0 Å². The number of hydrogen-bond acceptors (Lipinski definition) is 3. The number of ether oxygens (including phenoxy) is 1. The van der Waals surface area contributed by atoms with E-state index >= 15 is 0 Å². The number of carbonyl (C=O) groups excluding carboxylic acids is 1. The molecule has 2 saturated heterocycles. The molecule has 2 heterocycles. The molecule has 0 aromatic heterocycles. The predicted octanol–water partition coefficient (Wildman–Crippen LogP) is 0.918. The highest BCUT2D eigenvalue weighted by Gasteiger charge is 2.48. The Labute approximate surface area is 113 Å². The third kappa shape index (κ3) is 2.68. The van der Waals surface area contributed by atoms with Gasteiger partial charge in [0.15, 0.2) is 0 Å². The van der Waals surface area contributed by atoms with E-state index in [1.54, 1.807) is 4.90 Å². The largest absolute Gasteiger partial charge is 0.481 e. The van der Waals surface area contributed by atoms with Crippen LogP contribution < -0.4 is 5.32 Å². The van der Waals surface area contributed by atoms with Gasteiger partial charge in [0.05, 0.1) is 18.1 Å². The van der Waals surface area contributed by atoms with Gasteiger partial charge in [-0.2, -0.15) is 0 Å². The zero-order chi connectivity index (χ0) is 14.0. The van der Waals surface area contributed by atoms with Crippen molar-refractivity contribution in [2.75, 3.05) is 26.3 Å². The van der Waals surface area contributed by atoms with Crippen molar-refractivity contribution in [2.24, 2.45) is 11.3 Å². The Hall–Kier alpha value is -1.30. The van der Waals surface area contributed by atoms with Crippen LogP contribution in [-0.2, 0) is 9.53 Å². The molecule has 2 rings (SSSR count). The van der Waals surface area contributed by atoms with E-state index in [9.17, 15) is 14.7 Å². The molecule has 19 heavy (non-hydrogen) atoms. The number of carboxylic acid groups (broad SMARTS) is 1. The zero-order valence-corrected chi connectivity index (χ0v) is 11.5. The molecule has 0 aromatic rings. The summed E-state index contributed by atoms with van der Waals surface area (Å²) in [6.45, 7) is 5.83. The minimum Gasteiger partial charge on any atom is -0.481 e. The van der Waals surface area contributed by atoms with Gasteiger partial charge in [0, 0.05) is 19.7 Å². The van der Waals surface area contributed by atoms with Gasteiger partial charge in [-0.05, 0) is 18.8 Å². The Morgan fingerprint density at radius 2 is 2.21 bits per heavy atom. The van der Waals surface area contributed by atoms with Crippen LogP contribution in [0.15, 0.2) is 0 Å². The molecule has 0 aliphatic carbocycles. The van der Waals surface area contributed by atoms with E-state index in [0.717, 1.165) is 6.42 Å². The number of nitrogens with zero attached hydrogens (tertiary/aromatic N) is 1. The molecule has 0 saturated carbocycles. The second kappa shape index (κ2) is 5.36. The lowest BCUT2D eigenvalue weighted by molar-refractivity contribution is -0.150. The van der Waals surface area contributed by atoms with Gasteiger partial charge in [-0.1, -0.05) is 13.8 Å². The average molecular weight is 270 g/mol. The summed E-state index contributed by atoms with van der Waals surface area (Å²) in [6.07, 6.45) is 1.35. The minimum absolute atomic E-state index is 0.0117. The molecule has 2 unspecified atom stereocenters. The van der Waals surface area contributed by atoms with Crippen molar-refractivity contribution < 1.29 is 19.4 Å². The van der Waals surface area contributed by atoms with Crippen LogP contribution in [0, 0.1) is 11.3 Å². The number of amides is 2. The van der Waals surface area contributed by atoms with E-state index < -0.39 is 11.4 Å². The smallest absolute Gasteiger partial charge is 0.317 e. The fourth-order valence-electron chi connectivity index (χ4n) is 2.81. The Morgan fingerprint density at radius 1 is 1.47 bits per heavy atom. The highest BCUT2D eigenvalue weighted by Crippen LogP contribution is 2.38. The van der Waals surface area contributed by atoms with E-state index in [2.05, 4.69) is 5.32 Å². The van der Waals surface area contributed by atoms with Crippen molar-refractivity contribution >= 4 is 12.0 Å². The first kappa shape index (κ1) is 14.1. The third-order valence-corrected chi connectivity index (χ3v) is 4.38. The number of hydrogen-bond donors (Lipinski definition) is 2. The highest BCUT2D eigenvalue weighted by molar-refractivity contribution is 5.80. The summed E-state index contributed by atoms with van der Waals surface area (Å²) in [4.78, 5) is 25.2. The van der Waals surface area contributed by atoms with Gasteiger partial charge in [-0.25, -0.2) is 4.79 Å². The molecule has 0 aromatic carbocycles. The number of rotatable bonds is 3. The summed E-state index contributed by atoms with van der Waals surface area (Å²) in [5.74, 6) is -0.792. The number of nitrogens with one attached hydrogen (secondary N) is 1. The minimum atomic E-state index is -0.804. The van der Waals surface area contributed by atoms with Gasteiger partial charge in [-0.3, -0.25) is 4.79 Å². The van der Waals surface area contributed by atoms with E-state index in [0.29, 0.717) is 32.7 Å². The zero-order valence-electron chi connectivity index (χ0n) is 11.5. The monoisotopic (exact) mass is 270 g/mol. The summed E-state index contributed by atoms with van der Waals surface area (Å²) >= 11 is 0. The fourth-order valence-corrected chi connectivity index (χ4v) is 2.81. The molecule has 0 radical (unpaired) electrons. The van der Waals surface area contributed by atoms with Crippen LogP contribution in [0.5, 0.6) is 0 Å². The SMILES string of the molecule is CC(C)C1(C(=O)O)CCN(C(=O)NC2CCOC2)C1. The average Bonchev–Trinajstić information content (AvgIpc) is 2.97. The molecule has 108 valence electrons. The molecule has 2 fully saturated rings. The Morgan fingerprint density at radius 3 is 2.68 bits per heavy atom. The molecule has 0 bridgehead atoms. The molecular weight excluding hydrogens is 248 g/mol. The molecule has 2 aliphatic rings. The molecule has 2 atom stereocenters. The lowest BCUT2D eigenvalue weighted by Crippen LogP contribution is -2.46. The predicted molar refractivity (Wildman–Crippen MR) is 68.9 cm³/mol. The summed E-state index contributed by atoms with van der Waals surface area (Å²) in [7, 11) is 0. The van der Waals surface area contributed by atoms with Gasteiger partial charge in [-0.15, -0.1) is 0 Å². The highest BCUT2D eigenvalue weighted by atomic mass is 16.5. The van der Waals surface area contributed by atoms with Gasteiger partial charge in [0.1, 0.15) is 0 Å². The Bertz CT molecular complexity index is 366. The number of carbonyl (C=O) groups is 2. The van der Waals surface area contributed by atoms with Crippen molar-refractivity contribution in [3.8, 4) is 0 Å². The molecule has 2 N–H and O–H groups in total. The maximum Gasteiger partial charge on any atom is 0.317 e. The first-order valence-corrected chi connectivity index (χ1v) is 6.82. The van der Waals surface area contributed by atoms with E-state index in [4.69, 9.17) is 4.74 Å². The maximum atomic E-state index is 12.1. The van der Waals surface area contributed by atoms with Crippen LogP contribution in [0.2, 0.25) is 0 Å². The topological polar surface area (TPSA) is 78.9 Å². The number of aliphatic carboxylic acids is 1. The van der Waals surface area contributed by atoms with Crippen LogP contribution in [0.3, 0.4) is 0 Å². The van der Waals surface area contributed by atoms with Crippen LogP contribution in [0.4, 0.5) is 4.79 Å². The summed E-state index contributed by atoms with van der Waals surface area (Å²) in [5, 5.41) is 12.3. The van der Waals surface area contributed by atoms with Crippen molar-refractivity contribution in [3.63, 3.8) is 0 Å². The van der Waals surface area contributed by atoms with Crippen LogP contribution >= 0.6 is 0 Å². The fraction of sp³-hybridized carbons (Fsp3) is 0.846. The first-order valence-electron chi connectivity index (χ1n) is 6.82.